The molecule has 1 heterocycles. The predicted molar refractivity (Wildman–Crippen MR) is 101 cm³/mol. The van der Waals surface area contributed by atoms with Gasteiger partial charge in [0.2, 0.25) is 15.9 Å². The summed E-state index contributed by atoms with van der Waals surface area (Å²) in [4.78, 5) is 11.9. The number of benzene rings is 1. The van der Waals surface area contributed by atoms with Crippen LogP contribution >= 0.6 is 12.4 Å². The Bertz CT molecular complexity index is 694. The lowest BCUT2D eigenvalue weighted by Crippen LogP contribution is -2.45. The average Bonchev–Trinajstić information content (AvgIpc) is 2.60. The van der Waals surface area contributed by atoms with Crippen molar-refractivity contribution in [1.82, 2.24) is 14.9 Å². The van der Waals surface area contributed by atoms with Crippen molar-refractivity contribution in [2.75, 3.05) is 26.2 Å². The van der Waals surface area contributed by atoms with Gasteiger partial charge in [-0.15, -0.1) is 12.4 Å². The molecule has 1 aromatic carbocycles. The van der Waals surface area contributed by atoms with E-state index in [1.165, 1.54) is 22.5 Å². The van der Waals surface area contributed by atoms with Crippen LogP contribution in [-0.2, 0) is 14.8 Å². The summed E-state index contributed by atoms with van der Waals surface area (Å²) in [6.07, 6.45) is 0.879. The standard InChI is InChI=1S/C17H26FN3O3S.ClH/c1-3-19-13(2)12-20-17(22)14-8-10-21(11-9-14)25(23,24)16-7-5-4-6-15(16)18;/h4-7,13-14,19H,3,8-12H2,1-2H3,(H,20,22);1H/t13-;/m1./s1. The maximum atomic E-state index is 13.8. The molecule has 148 valence electrons. The second kappa shape index (κ2) is 10.2. The molecule has 0 bridgehead atoms. The van der Waals surface area contributed by atoms with Gasteiger partial charge < -0.3 is 10.6 Å². The van der Waals surface area contributed by atoms with E-state index in [4.69, 9.17) is 0 Å². The molecule has 2 rings (SSSR count). The Hall–Kier alpha value is -1.22. The summed E-state index contributed by atoms with van der Waals surface area (Å²) in [5.74, 6) is -1.01. The van der Waals surface area contributed by atoms with E-state index < -0.39 is 15.8 Å². The summed E-state index contributed by atoms with van der Waals surface area (Å²) >= 11 is 0. The lowest BCUT2D eigenvalue weighted by Gasteiger charge is -2.30. The fourth-order valence-electron chi connectivity index (χ4n) is 2.97. The summed E-state index contributed by atoms with van der Waals surface area (Å²) < 4.78 is 40.2. The van der Waals surface area contributed by atoms with Gasteiger partial charge in [0, 0.05) is 31.6 Å². The number of carbonyl (C=O) groups is 1. The highest BCUT2D eigenvalue weighted by atomic mass is 35.5. The zero-order chi connectivity index (χ0) is 18.4. The molecule has 1 aromatic rings. The molecular weight excluding hydrogens is 381 g/mol. The largest absolute Gasteiger partial charge is 0.354 e. The summed E-state index contributed by atoms with van der Waals surface area (Å²) in [6, 6.07) is 5.56. The van der Waals surface area contributed by atoms with Crippen molar-refractivity contribution in [2.24, 2.45) is 5.92 Å². The molecule has 0 aromatic heterocycles. The van der Waals surface area contributed by atoms with E-state index >= 15 is 0 Å². The molecule has 26 heavy (non-hydrogen) atoms. The van der Waals surface area contributed by atoms with Gasteiger partial charge in [-0.1, -0.05) is 19.1 Å². The number of sulfonamides is 1. The maximum absolute atomic E-state index is 13.8. The number of piperidine rings is 1. The van der Waals surface area contributed by atoms with Crippen LogP contribution in [0.25, 0.3) is 0 Å². The summed E-state index contributed by atoms with van der Waals surface area (Å²) in [5.41, 5.74) is 0. The third kappa shape index (κ3) is 5.64. The molecule has 1 fully saturated rings. The minimum absolute atomic E-state index is 0. The van der Waals surface area contributed by atoms with Gasteiger partial charge in [-0.3, -0.25) is 4.79 Å². The van der Waals surface area contributed by atoms with E-state index in [1.807, 2.05) is 13.8 Å². The second-order valence-electron chi connectivity index (χ2n) is 6.31. The van der Waals surface area contributed by atoms with E-state index in [2.05, 4.69) is 10.6 Å². The lowest BCUT2D eigenvalue weighted by atomic mass is 9.97. The molecule has 1 amide bonds. The minimum atomic E-state index is -3.86. The van der Waals surface area contributed by atoms with Crippen molar-refractivity contribution in [3.63, 3.8) is 0 Å². The van der Waals surface area contributed by atoms with Crippen LogP contribution in [0, 0.1) is 11.7 Å². The Balaban J connectivity index is 0.00000338. The van der Waals surface area contributed by atoms with Gasteiger partial charge in [0.25, 0.3) is 0 Å². The highest BCUT2D eigenvalue weighted by Crippen LogP contribution is 2.25. The average molecular weight is 408 g/mol. The van der Waals surface area contributed by atoms with Gasteiger partial charge in [-0.2, -0.15) is 4.31 Å². The monoisotopic (exact) mass is 407 g/mol. The molecule has 9 heteroatoms. The summed E-state index contributed by atoms with van der Waals surface area (Å²) in [7, 11) is -3.86. The first kappa shape index (κ1) is 22.8. The summed E-state index contributed by atoms with van der Waals surface area (Å²) in [6.45, 7) is 5.82. The minimum Gasteiger partial charge on any atom is -0.354 e. The highest BCUT2D eigenvalue weighted by Gasteiger charge is 2.33. The second-order valence-corrected chi connectivity index (χ2v) is 8.22. The van der Waals surface area contributed by atoms with Crippen molar-refractivity contribution in [3.8, 4) is 0 Å². The van der Waals surface area contributed by atoms with Crippen molar-refractivity contribution < 1.29 is 17.6 Å². The number of rotatable bonds is 7. The van der Waals surface area contributed by atoms with Crippen LogP contribution in [-0.4, -0.2) is 50.9 Å². The van der Waals surface area contributed by atoms with Gasteiger partial charge in [0.1, 0.15) is 10.7 Å². The van der Waals surface area contributed by atoms with Crippen molar-refractivity contribution >= 4 is 28.3 Å². The Labute approximate surface area is 161 Å². The Morgan fingerprint density at radius 3 is 2.50 bits per heavy atom. The zero-order valence-corrected chi connectivity index (χ0v) is 16.7. The number of likely N-dealkylation sites (N-methyl/N-ethyl adjacent to an activating group) is 1. The van der Waals surface area contributed by atoms with Gasteiger partial charge in [0.15, 0.2) is 0 Å². The number of hydrogen-bond acceptors (Lipinski definition) is 4. The maximum Gasteiger partial charge on any atom is 0.245 e. The van der Waals surface area contributed by atoms with Crippen LogP contribution in [0.3, 0.4) is 0 Å². The highest BCUT2D eigenvalue weighted by molar-refractivity contribution is 7.89. The number of halogens is 2. The predicted octanol–water partition coefficient (Wildman–Crippen LogP) is 1.76. The SMILES string of the molecule is CCN[C@H](C)CNC(=O)C1CCN(S(=O)(=O)c2ccccc2F)CC1.Cl. The first-order valence-corrected chi connectivity index (χ1v) is 10.1. The van der Waals surface area contributed by atoms with Gasteiger partial charge >= 0.3 is 0 Å². The molecule has 2 N–H and O–H groups in total. The summed E-state index contributed by atoms with van der Waals surface area (Å²) in [5, 5.41) is 6.12. The van der Waals surface area contributed by atoms with Crippen LogP contribution in [0.1, 0.15) is 26.7 Å². The van der Waals surface area contributed by atoms with Gasteiger partial charge in [0.05, 0.1) is 0 Å². The Morgan fingerprint density at radius 1 is 1.31 bits per heavy atom. The van der Waals surface area contributed by atoms with Crippen LogP contribution in [0.15, 0.2) is 29.2 Å². The van der Waals surface area contributed by atoms with Crippen molar-refractivity contribution in [1.29, 1.82) is 0 Å². The molecule has 1 saturated heterocycles. The zero-order valence-electron chi connectivity index (χ0n) is 15.1. The molecule has 0 aliphatic carbocycles. The third-order valence-electron chi connectivity index (χ3n) is 4.41. The molecule has 0 unspecified atom stereocenters. The quantitative estimate of drug-likeness (QED) is 0.722. The Morgan fingerprint density at radius 2 is 1.92 bits per heavy atom. The van der Waals surface area contributed by atoms with E-state index in [9.17, 15) is 17.6 Å². The van der Waals surface area contributed by atoms with E-state index in [0.29, 0.717) is 19.4 Å². The number of hydrogen-bond donors (Lipinski definition) is 2. The number of carbonyl (C=O) groups excluding carboxylic acids is 1. The number of nitrogens with one attached hydrogen (secondary N) is 2. The Kier molecular flexibility index (Phi) is 8.95. The number of nitrogens with zero attached hydrogens (tertiary/aromatic N) is 1. The molecule has 0 spiro atoms. The van der Waals surface area contributed by atoms with E-state index in [0.717, 1.165) is 12.6 Å². The molecule has 1 aliphatic heterocycles. The van der Waals surface area contributed by atoms with Gasteiger partial charge in [-0.25, -0.2) is 12.8 Å². The van der Waals surface area contributed by atoms with E-state index in [1.54, 1.807) is 0 Å². The normalized spacial score (nSPS) is 17.3. The first-order valence-electron chi connectivity index (χ1n) is 8.62. The molecule has 0 radical (unpaired) electrons. The lowest BCUT2D eigenvalue weighted by molar-refractivity contribution is -0.126. The van der Waals surface area contributed by atoms with Gasteiger partial charge in [-0.05, 0) is 38.4 Å². The van der Waals surface area contributed by atoms with Crippen LogP contribution in [0.5, 0.6) is 0 Å². The fraction of sp³-hybridized carbons (Fsp3) is 0.588. The smallest absolute Gasteiger partial charge is 0.245 e. The van der Waals surface area contributed by atoms with Crippen LogP contribution < -0.4 is 10.6 Å². The molecule has 6 nitrogen and oxygen atoms in total. The molecule has 1 atom stereocenters. The third-order valence-corrected chi connectivity index (χ3v) is 6.35. The molecule has 1 aliphatic rings. The topological polar surface area (TPSA) is 78.5 Å². The first-order chi connectivity index (χ1) is 11.9. The van der Waals surface area contributed by atoms with Crippen LogP contribution in [0.4, 0.5) is 4.39 Å². The number of amides is 1. The van der Waals surface area contributed by atoms with Crippen LogP contribution in [0.2, 0.25) is 0 Å². The van der Waals surface area contributed by atoms with Crippen molar-refractivity contribution in [2.45, 2.75) is 37.6 Å². The molecular formula is C17H27ClFN3O3S. The fourth-order valence-corrected chi connectivity index (χ4v) is 4.50. The van der Waals surface area contributed by atoms with Crippen molar-refractivity contribution in [3.05, 3.63) is 30.1 Å². The molecule has 0 saturated carbocycles. The van der Waals surface area contributed by atoms with E-state index in [-0.39, 0.29) is 48.3 Å².